The van der Waals surface area contributed by atoms with Crippen LogP contribution in [-0.4, -0.2) is 14.3 Å². The quantitative estimate of drug-likeness (QED) is 0.876. The molecule has 0 aromatic heterocycles. The minimum Gasteiger partial charge on any atom is -0.273 e. The van der Waals surface area contributed by atoms with E-state index in [9.17, 15) is 13.2 Å². The van der Waals surface area contributed by atoms with Crippen molar-refractivity contribution in [2.24, 2.45) is 0 Å². The lowest BCUT2D eigenvalue weighted by Gasteiger charge is -2.28. The molecule has 0 radical (unpaired) electrons. The first-order valence-corrected chi connectivity index (χ1v) is 10.1. The van der Waals surface area contributed by atoms with Gasteiger partial charge < -0.3 is 0 Å². The Morgan fingerprint density at radius 3 is 2.40 bits per heavy atom. The Bertz CT molecular complexity index is 902. The van der Waals surface area contributed by atoms with Gasteiger partial charge in [-0.25, -0.2) is 13.1 Å². The zero-order valence-corrected chi connectivity index (χ0v) is 15.5. The van der Waals surface area contributed by atoms with Crippen LogP contribution in [0.1, 0.15) is 36.8 Å². The third-order valence-corrected chi connectivity index (χ3v) is 6.61. The molecule has 0 heterocycles. The smallest absolute Gasteiger partial charge is 0.264 e. The van der Waals surface area contributed by atoms with Crippen molar-refractivity contribution in [1.29, 1.82) is 0 Å². The highest BCUT2D eigenvalue weighted by Crippen LogP contribution is 2.42. The standard InChI is InChI=1S/C19H20ClNO3S/c1-14-7-2-3-10-17(14)25(23,24)21-18(22)19(11-4-5-12-19)15-8-6-9-16(20)13-15/h2-3,6-10,13H,4-5,11-12H2,1H3,(H,21,22). The summed E-state index contributed by atoms with van der Waals surface area (Å²) in [6.07, 6.45) is 2.99. The van der Waals surface area contributed by atoms with E-state index in [1.54, 1.807) is 43.3 Å². The molecule has 0 unspecified atom stereocenters. The van der Waals surface area contributed by atoms with E-state index < -0.39 is 21.3 Å². The van der Waals surface area contributed by atoms with Gasteiger partial charge in [0.25, 0.3) is 10.0 Å². The molecule has 4 nitrogen and oxygen atoms in total. The van der Waals surface area contributed by atoms with Crippen LogP contribution >= 0.6 is 11.6 Å². The summed E-state index contributed by atoms with van der Waals surface area (Å²) < 4.78 is 27.7. The zero-order valence-electron chi connectivity index (χ0n) is 14.0. The van der Waals surface area contributed by atoms with Gasteiger partial charge in [-0.1, -0.05) is 54.8 Å². The number of carbonyl (C=O) groups excluding carboxylic acids is 1. The van der Waals surface area contributed by atoms with Gasteiger partial charge >= 0.3 is 0 Å². The molecule has 0 spiro atoms. The predicted octanol–water partition coefficient (Wildman–Crippen LogP) is 3.97. The van der Waals surface area contributed by atoms with Crippen molar-refractivity contribution in [2.45, 2.75) is 42.9 Å². The molecule has 6 heteroatoms. The summed E-state index contributed by atoms with van der Waals surface area (Å²) >= 11 is 6.09. The largest absolute Gasteiger partial charge is 0.273 e. The summed E-state index contributed by atoms with van der Waals surface area (Å²) in [5.74, 6) is -0.476. The number of halogens is 1. The van der Waals surface area contributed by atoms with Crippen LogP contribution in [0.2, 0.25) is 5.02 Å². The second-order valence-electron chi connectivity index (χ2n) is 6.50. The van der Waals surface area contributed by atoms with Gasteiger partial charge in [0.1, 0.15) is 0 Å². The van der Waals surface area contributed by atoms with Crippen LogP contribution in [0.15, 0.2) is 53.4 Å². The number of aryl methyl sites for hydroxylation is 1. The average molecular weight is 378 g/mol. The summed E-state index contributed by atoms with van der Waals surface area (Å²) in [7, 11) is -3.92. The zero-order chi connectivity index (χ0) is 18.1. The molecular weight excluding hydrogens is 358 g/mol. The molecule has 1 aliphatic rings. The first kappa shape index (κ1) is 18.0. The lowest BCUT2D eigenvalue weighted by Crippen LogP contribution is -2.45. The molecule has 132 valence electrons. The van der Waals surface area contributed by atoms with Crippen LogP contribution in [0.5, 0.6) is 0 Å². The van der Waals surface area contributed by atoms with Crippen LogP contribution in [0, 0.1) is 6.92 Å². The SMILES string of the molecule is Cc1ccccc1S(=O)(=O)NC(=O)C1(c2cccc(Cl)c2)CCCC1. The second-order valence-corrected chi connectivity index (χ2v) is 8.59. The van der Waals surface area contributed by atoms with E-state index in [4.69, 9.17) is 11.6 Å². The van der Waals surface area contributed by atoms with E-state index in [1.165, 1.54) is 6.07 Å². The Kier molecular flexibility index (Phi) is 4.89. The van der Waals surface area contributed by atoms with Gasteiger partial charge in [-0.15, -0.1) is 0 Å². The molecule has 0 aliphatic heterocycles. The number of hydrogen-bond acceptors (Lipinski definition) is 3. The summed E-state index contributed by atoms with van der Waals surface area (Å²) in [5, 5.41) is 0.540. The number of rotatable bonds is 4. The number of nitrogens with one attached hydrogen (secondary N) is 1. The highest BCUT2D eigenvalue weighted by Gasteiger charge is 2.44. The van der Waals surface area contributed by atoms with Gasteiger partial charge in [0.2, 0.25) is 5.91 Å². The molecule has 1 saturated carbocycles. The molecule has 0 saturated heterocycles. The van der Waals surface area contributed by atoms with Gasteiger partial charge in [0.05, 0.1) is 10.3 Å². The first-order chi connectivity index (χ1) is 11.8. The third-order valence-electron chi connectivity index (χ3n) is 4.88. The predicted molar refractivity (Wildman–Crippen MR) is 98.1 cm³/mol. The van der Waals surface area contributed by atoms with Crippen LogP contribution in [-0.2, 0) is 20.2 Å². The Balaban J connectivity index is 1.96. The maximum atomic E-state index is 13.0. The average Bonchev–Trinajstić information content (AvgIpc) is 3.06. The molecule has 1 fully saturated rings. The van der Waals surface area contributed by atoms with E-state index >= 15 is 0 Å². The molecule has 0 atom stereocenters. The van der Waals surface area contributed by atoms with Gasteiger partial charge in [0, 0.05) is 5.02 Å². The topological polar surface area (TPSA) is 63.2 Å². The van der Waals surface area contributed by atoms with E-state index in [0.29, 0.717) is 23.4 Å². The molecular formula is C19H20ClNO3S. The van der Waals surface area contributed by atoms with Crippen molar-refractivity contribution in [3.05, 3.63) is 64.7 Å². The molecule has 3 rings (SSSR count). The van der Waals surface area contributed by atoms with E-state index in [2.05, 4.69) is 4.72 Å². The third kappa shape index (κ3) is 3.44. The maximum Gasteiger partial charge on any atom is 0.264 e. The molecule has 1 aliphatic carbocycles. The fourth-order valence-electron chi connectivity index (χ4n) is 3.54. The molecule has 0 bridgehead atoms. The minimum absolute atomic E-state index is 0.127. The van der Waals surface area contributed by atoms with Crippen LogP contribution in [0.4, 0.5) is 0 Å². The minimum atomic E-state index is -3.92. The number of benzene rings is 2. The Hall–Kier alpha value is -1.85. The Morgan fingerprint density at radius 2 is 1.76 bits per heavy atom. The summed E-state index contributed by atoms with van der Waals surface area (Å²) in [4.78, 5) is 13.2. The van der Waals surface area contributed by atoms with Gasteiger partial charge in [-0.05, 0) is 49.1 Å². The normalized spacial score (nSPS) is 16.6. The van der Waals surface area contributed by atoms with Crippen LogP contribution in [0.25, 0.3) is 0 Å². The fourth-order valence-corrected chi connectivity index (χ4v) is 5.03. The number of carbonyl (C=O) groups is 1. The number of amides is 1. The number of hydrogen-bond donors (Lipinski definition) is 1. The van der Waals surface area contributed by atoms with E-state index in [1.807, 2.05) is 6.07 Å². The molecule has 25 heavy (non-hydrogen) atoms. The van der Waals surface area contributed by atoms with Crippen molar-refractivity contribution in [1.82, 2.24) is 4.72 Å². The highest BCUT2D eigenvalue weighted by atomic mass is 35.5. The van der Waals surface area contributed by atoms with Crippen molar-refractivity contribution < 1.29 is 13.2 Å². The maximum absolute atomic E-state index is 13.0. The lowest BCUT2D eigenvalue weighted by molar-refractivity contribution is -0.124. The van der Waals surface area contributed by atoms with Crippen molar-refractivity contribution in [3.63, 3.8) is 0 Å². The van der Waals surface area contributed by atoms with Crippen molar-refractivity contribution in [2.75, 3.05) is 0 Å². The van der Waals surface area contributed by atoms with Crippen molar-refractivity contribution >= 4 is 27.5 Å². The summed E-state index contributed by atoms with van der Waals surface area (Å²) in [6, 6.07) is 13.8. The van der Waals surface area contributed by atoms with E-state index in [-0.39, 0.29) is 4.90 Å². The monoisotopic (exact) mass is 377 g/mol. The van der Waals surface area contributed by atoms with Crippen LogP contribution < -0.4 is 4.72 Å². The Labute approximate surface area is 153 Å². The van der Waals surface area contributed by atoms with Crippen LogP contribution in [0.3, 0.4) is 0 Å². The fraction of sp³-hybridized carbons (Fsp3) is 0.316. The number of sulfonamides is 1. The Morgan fingerprint density at radius 1 is 1.08 bits per heavy atom. The summed E-state index contributed by atoms with van der Waals surface area (Å²) in [6.45, 7) is 1.71. The molecule has 2 aromatic carbocycles. The van der Waals surface area contributed by atoms with Gasteiger partial charge in [0.15, 0.2) is 0 Å². The molecule has 1 N–H and O–H groups in total. The van der Waals surface area contributed by atoms with Crippen molar-refractivity contribution in [3.8, 4) is 0 Å². The lowest BCUT2D eigenvalue weighted by atomic mass is 9.78. The first-order valence-electron chi connectivity index (χ1n) is 8.24. The highest BCUT2D eigenvalue weighted by molar-refractivity contribution is 7.90. The summed E-state index contributed by atoms with van der Waals surface area (Å²) in [5.41, 5.74) is 0.529. The van der Waals surface area contributed by atoms with E-state index in [0.717, 1.165) is 18.4 Å². The molecule has 1 amide bonds. The van der Waals surface area contributed by atoms with Gasteiger partial charge in [-0.3, -0.25) is 4.79 Å². The molecule has 2 aromatic rings. The second kappa shape index (κ2) is 6.81. The van der Waals surface area contributed by atoms with Gasteiger partial charge in [-0.2, -0.15) is 0 Å².